The molecule has 0 radical (unpaired) electrons. The third-order valence-electron chi connectivity index (χ3n) is 6.06. The van der Waals surface area contributed by atoms with Gasteiger partial charge in [0.2, 0.25) is 0 Å². The molecule has 4 fully saturated rings. The summed E-state index contributed by atoms with van der Waals surface area (Å²) in [7, 11) is 0. The zero-order valence-corrected chi connectivity index (χ0v) is 12.7. The molecular formula is C17H25NS. The first kappa shape index (κ1) is 12.4. The molecule has 1 aromatic rings. The molecule has 5 rings (SSSR count). The van der Waals surface area contributed by atoms with Gasteiger partial charge in [0.15, 0.2) is 0 Å². The van der Waals surface area contributed by atoms with Crippen LogP contribution in [0, 0.1) is 30.1 Å². The molecule has 1 aromatic heterocycles. The van der Waals surface area contributed by atoms with Crippen LogP contribution in [0.3, 0.4) is 0 Å². The first-order valence-corrected chi connectivity index (χ1v) is 8.81. The monoisotopic (exact) mass is 275 g/mol. The molecule has 0 aliphatic heterocycles. The average Bonchev–Trinajstić information content (AvgIpc) is 2.72. The molecule has 4 bridgehead atoms. The maximum atomic E-state index is 6.57. The molecule has 4 saturated carbocycles. The number of aryl methyl sites for hydroxylation is 1. The molecule has 2 N–H and O–H groups in total. The average molecular weight is 275 g/mol. The van der Waals surface area contributed by atoms with Gasteiger partial charge in [-0.15, -0.1) is 11.3 Å². The summed E-state index contributed by atoms with van der Waals surface area (Å²) >= 11 is 1.86. The summed E-state index contributed by atoms with van der Waals surface area (Å²) in [5.74, 6) is 3.13. The second-order valence-corrected chi connectivity index (χ2v) is 8.64. The van der Waals surface area contributed by atoms with Gasteiger partial charge in [-0.2, -0.15) is 0 Å². The van der Waals surface area contributed by atoms with Crippen molar-refractivity contribution in [1.82, 2.24) is 0 Å². The highest BCUT2D eigenvalue weighted by atomic mass is 32.1. The summed E-state index contributed by atoms with van der Waals surface area (Å²) < 4.78 is 0. The molecule has 0 spiro atoms. The summed E-state index contributed by atoms with van der Waals surface area (Å²) in [6.07, 6.45) is 10.3. The van der Waals surface area contributed by atoms with E-state index in [0.717, 1.165) is 17.8 Å². The van der Waals surface area contributed by atoms with E-state index >= 15 is 0 Å². The number of rotatable bonds is 3. The Bertz CT molecular complexity index is 440. The summed E-state index contributed by atoms with van der Waals surface area (Å²) in [4.78, 5) is 1.44. The van der Waals surface area contributed by atoms with Gasteiger partial charge in [0.25, 0.3) is 0 Å². The largest absolute Gasteiger partial charge is 0.323 e. The smallest absolute Gasteiger partial charge is 0.0397 e. The molecule has 2 heteroatoms. The third-order valence-corrected chi connectivity index (χ3v) is 7.21. The SMILES string of the molecule is Cc1ccsc1C(N)CC12CC3CC(CC(C3)C1)C2. The van der Waals surface area contributed by atoms with Gasteiger partial charge >= 0.3 is 0 Å². The van der Waals surface area contributed by atoms with Gasteiger partial charge < -0.3 is 5.73 Å². The minimum Gasteiger partial charge on any atom is -0.323 e. The van der Waals surface area contributed by atoms with Crippen LogP contribution in [-0.2, 0) is 0 Å². The van der Waals surface area contributed by atoms with Crippen LogP contribution >= 0.6 is 11.3 Å². The lowest BCUT2D eigenvalue weighted by Gasteiger charge is -2.57. The van der Waals surface area contributed by atoms with E-state index in [1.165, 1.54) is 55.4 Å². The second-order valence-electron chi connectivity index (χ2n) is 7.70. The third kappa shape index (κ3) is 2.08. The van der Waals surface area contributed by atoms with Crippen LogP contribution in [0.1, 0.15) is 61.4 Å². The van der Waals surface area contributed by atoms with Crippen LogP contribution in [0.4, 0.5) is 0 Å². The van der Waals surface area contributed by atoms with Gasteiger partial charge in [0, 0.05) is 10.9 Å². The Morgan fingerprint density at radius 3 is 2.26 bits per heavy atom. The first-order chi connectivity index (χ1) is 9.13. The van der Waals surface area contributed by atoms with Crippen molar-refractivity contribution < 1.29 is 0 Å². The van der Waals surface area contributed by atoms with E-state index in [9.17, 15) is 0 Å². The summed E-state index contributed by atoms with van der Waals surface area (Å²) in [5.41, 5.74) is 8.59. The summed E-state index contributed by atoms with van der Waals surface area (Å²) in [6, 6.07) is 2.51. The van der Waals surface area contributed by atoms with E-state index in [2.05, 4.69) is 18.4 Å². The van der Waals surface area contributed by atoms with Crippen molar-refractivity contribution in [3.8, 4) is 0 Å². The number of thiophene rings is 1. The van der Waals surface area contributed by atoms with Crippen molar-refractivity contribution in [3.05, 3.63) is 21.9 Å². The van der Waals surface area contributed by atoms with Crippen molar-refractivity contribution >= 4 is 11.3 Å². The lowest BCUT2D eigenvalue weighted by atomic mass is 9.48. The molecule has 4 aliphatic rings. The zero-order chi connectivity index (χ0) is 13.0. The fraction of sp³-hybridized carbons (Fsp3) is 0.765. The summed E-state index contributed by atoms with van der Waals surface area (Å²) in [5, 5.41) is 2.20. The minimum atomic E-state index is 0.288. The molecule has 0 aromatic carbocycles. The Morgan fingerprint density at radius 2 is 1.79 bits per heavy atom. The molecule has 1 atom stereocenters. The zero-order valence-electron chi connectivity index (χ0n) is 11.9. The molecule has 19 heavy (non-hydrogen) atoms. The van der Waals surface area contributed by atoms with Crippen molar-refractivity contribution in [2.75, 3.05) is 0 Å². The van der Waals surface area contributed by atoms with Crippen LogP contribution in [-0.4, -0.2) is 0 Å². The molecule has 1 nitrogen and oxygen atoms in total. The molecule has 0 amide bonds. The maximum Gasteiger partial charge on any atom is 0.0397 e. The van der Waals surface area contributed by atoms with E-state index < -0.39 is 0 Å². The summed E-state index contributed by atoms with van der Waals surface area (Å²) in [6.45, 7) is 2.21. The van der Waals surface area contributed by atoms with Gasteiger partial charge in [0.1, 0.15) is 0 Å². The Labute approximate surface area is 120 Å². The predicted molar refractivity (Wildman–Crippen MR) is 81.2 cm³/mol. The van der Waals surface area contributed by atoms with E-state index in [4.69, 9.17) is 5.73 Å². The Kier molecular flexibility index (Phi) is 2.82. The van der Waals surface area contributed by atoms with Gasteiger partial charge in [-0.25, -0.2) is 0 Å². The molecule has 1 heterocycles. The highest BCUT2D eigenvalue weighted by Gasteiger charge is 2.51. The normalized spacial score (nSPS) is 41.7. The Morgan fingerprint density at radius 1 is 1.21 bits per heavy atom. The fourth-order valence-corrected chi connectivity index (χ4v) is 6.79. The number of hydrogen-bond donors (Lipinski definition) is 1. The first-order valence-electron chi connectivity index (χ1n) is 7.93. The molecule has 1 unspecified atom stereocenters. The van der Waals surface area contributed by atoms with Gasteiger partial charge in [-0.1, -0.05) is 0 Å². The van der Waals surface area contributed by atoms with Crippen LogP contribution in [0.15, 0.2) is 11.4 Å². The Hall–Kier alpha value is -0.340. The van der Waals surface area contributed by atoms with E-state index in [1.54, 1.807) is 0 Å². The number of hydrogen-bond acceptors (Lipinski definition) is 2. The molecule has 4 aliphatic carbocycles. The highest BCUT2D eigenvalue weighted by molar-refractivity contribution is 7.10. The van der Waals surface area contributed by atoms with Gasteiger partial charge in [-0.3, -0.25) is 0 Å². The van der Waals surface area contributed by atoms with Crippen molar-refractivity contribution in [2.45, 2.75) is 57.9 Å². The second kappa shape index (κ2) is 4.33. The minimum absolute atomic E-state index is 0.288. The maximum absolute atomic E-state index is 6.57. The number of nitrogens with two attached hydrogens (primary N) is 1. The predicted octanol–water partition coefficient (Wildman–Crippen LogP) is 4.66. The van der Waals surface area contributed by atoms with E-state index in [-0.39, 0.29) is 6.04 Å². The lowest BCUT2D eigenvalue weighted by molar-refractivity contribution is -0.0604. The topological polar surface area (TPSA) is 26.0 Å². The van der Waals surface area contributed by atoms with Crippen LogP contribution < -0.4 is 5.73 Å². The van der Waals surface area contributed by atoms with Crippen LogP contribution in [0.5, 0.6) is 0 Å². The fourth-order valence-electron chi connectivity index (χ4n) is 5.86. The molecular weight excluding hydrogens is 250 g/mol. The Balaban J connectivity index is 1.55. The highest BCUT2D eigenvalue weighted by Crippen LogP contribution is 2.62. The lowest BCUT2D eigenvalue weighted by Crippen LogP contribution is -2.47. The van der Waals surface area contributed by atoms with Gasteiger partial charge in [0.05, 0.1) is 0 Å². The van der Waals surface area contributed by atoms with Crippen molar-refractivity contribution in [2.24, 2.45) is 28.9 Å². The van der Waals surface area contributed by atoms with Gasteiger partial charge in [-0.05, 0) is 92.0 Å². The van der Waals surface area contributed by atoms with E-state index in [1.807, 2.05) is 11.3 Å². The van der Waals surface area contributed by atoms with Crippen LogP contribution in [0.25, 0.3) is 0 Å². The van der Waals surface area contributed by atoms with Crippen molar-refractivity contribution in [1.29, 1.82) is 0 Å². The molecule has 104 valence electrons. The van der Waals surface area contributed by atoms with E-state index in [0.29, 0.717) is 5.41 Å². The molecule has 0 saturated heterocycles. The van der Waals surface area contributed by atoms with Crippen molar-refractivity contribution in [3.63, 3.8) is 0 Å². The quantitative estimate of drug-likeness (QED) is 0.853. The standard InChI is InChI=1S/C17H25NS/c1-11-2-3-19-16(11)15(18)10-17-7-12-4-13(8-17)6-14(5-12)9-17/h2-3,12-15H,4-10,18H2,1H3. The van der Waals surface area contributed by atoms with Crippen LogP contribution in [0.2, 0.25) is 0 Å².